The van der Waals surface area contributed by atoms with E-state index in [1.807, 2.05) is 25.1 Å². The van der Waals surface area contributed by atoms with Gasteiger partial charge in [-0.1, -0.05) is 62.8 Å². The van der Waals surface area contributed by atoms with Crippen molar-refractivity contribution < 1.29 is 9.13 Å². The highest BCUT2D eigenvalue weighted by Gasteiger charge is 2.09. The molecule has 2 aromatic rings. The van der Waals surface area contributed by atoms with Crippen LogP contribution in [0, 0.1) is 12.2 Å². The second-order valence-corrected chi connectivity index (χ2v) is 7.25. The van der Waals surface area contributed by atoms with Gasteiger partial charge >= 0.3 is 0 Å². The number of hydrogen-bond acceptors (Lipinski definition) is 1. The Morgan fingerprint density at radius 3 is 2.10 bits per heavy atom. The van der Waals surface area contributed by atoms with E-state index < -0.39 is 0 Å². The molecule has 2 aliphatic carbocycles. The van der Waals surface area contributed by atoms with Crippen molar-refractivity contribution in [2.45, 2.75) is 58.8 Å². The molecule has 2 aromatic carbocycles. The van der Waals surface area contributed by atoms with Crippen LogP contribution in [-0.2, 0) is 6.42 Å². The molecule has 1 nitrogen and oxygen atoms in total. The molecule has 0 atom stereocenters. The van der Waals surface area contributed by atoms with Gasteiger partial charge in [-0.15, -0.1) is 0 Å². The minimum atomic E-state index is -0.144. The summed E-state index contributed by atoms with van der Waals surface area (Å²) in [6.07, 6.45) is 17.7. The van der Waals surface area contributed by atoms with Crippen LogP contribution >= 0.6 is 0 Å². The van der Waals surface area contributed by atoms with Crippen LogP contribution < -0.4 is 4.74 Å². The van der Waals surface area contributed by atoms with Crippen LogP contribution in [0.1, 0.15) is 63.5 Å². The van der Waals surface area contributed by atoms with Gasteiger partial charge in [-0.05, 0) is 79.5 Å². The molecule has 155 valence electrons. The number of benzene rings is 2. The van der Waals surface area contributed by atoms with Gasteiger partial charge in [-0.25, -0.2) is 4.39 Å². The van der Waals surface area contributed by atoms with E-state index >= 15 is 0 Å². The maximum Gasteiger partial charge on any atom is 0.123 e. The van der Waals surface area contributed by atoms with E-state index in [0.29, 0.717) is 0 Å². The first kappa shape index (κ1) is 22.9. The zero-order chi connectivity index (χ0) is 20.7. The number of halogens is 1. The molecular weight excluding hydrogens is 359 g/mol. The molecule has 0 N–H and O–H groups in total. The largest absolute Gasteiger partial charge is 0.494 e. The Morgan fingerprint density at radius 2 is 1.59 bits per heavy atom. The zero-order valence-corrected chi connectivity index (χ0v) is 17.9. The second-order valence-electron chi connectivity index (χ2n) is 7.25. The lowest BCUT2D eigenvalue weighted by Crippen LogP contribution is -1.94. The number of ether oxygens (including phenoxy) is 1. The summed E-state index contributed by atoms with van der Waals surface area (Å²) in [5.74, 6) is 0.821. The standard InChI is InChI=1S/C12H13O.C8H9F.C7H12/c1-2-9-13-12-7-5-11(6-8-12)10-3-4-10;1-2-7-4-3-5-8(9)6-7;1-2-4-6-7-5-3-1/h3-8H,2,9H2,1H3;3-6H,2H2,1H3;1-2H,3-7H2. The van der Waals surface area contributed by atoms with Crippen molar-refractivity contribution in [1.82, 2.24) is 0 Å². The number of aryl methyl sites for hydroxylation is 1. The Morgan fingerprint density at radius 1 is 0.897 bits per heavy atom. The Labute approximate surface area is 176 Å². The Bertz CT molecular complexity index is 750. The first-order valence-corrected chi connectivity index (χ1v) is 10.9. The van der Waals surface area contributed by atoms with E-state index in [9.17, 15) is 4.39 Å². The average Bonchev–Trinajstić information content (AvgIpc) is 3.61. The molecule has 0 aromatic heterocycles. The summed E-state index contributed by atoms with van der Waals surface area (Å²) in [6.45, 7) is 4.92. The molecule has 0 bridgehead atoms. The van der Waals surface area contributed by atoms with E-state index in [1.54, 1.807) is 12.1 Å². The second kappa shape index (κ2) is 13.8. The van der Waals surface area contributed by atoms with Gasteiger partial charge < -0.3 is 4.74 Å². The fraction of sp³-hybridized carbons (Fsp3) is 0.370. The predicted molar refractivity (Wildman–Crippen MR) is 123 cm³/mol. The van der Waals surface area contributed by atoms with Crippen LogP contribution in [0.3, 0.4) is 0 Å². The van der Waals surface area contributed by atoms with Crippen LogP contribution in [0.15, 0.2) is 66.8 Å². The lowest BCUT2D eigenvalue weighted by atomic mass is 10.2. The number of rotatable bonds is 5. The fourth-order valence-corrected chi connectivity index (χ4v) is 2.89. The van der Waals surface area contributed by atoms with Gasteiger partial charge in [-0.2, -0.15) is 0 Å². The lowest BCUT2D eigenvalue weighted by Gasteiger charge is -2.04. The molecule has 0 heterocycles. The average molecular weight is 394 g/mol. The summed E-state index contributed by atoms with van der Waals surface area (Å²) >= 11 is 0. The van der Waals surface area contributed by atoms with Crippen LogP contribution in [0.5, 0.6) is 5.75 Å². The predicted octanol–water partition coefficient (Wildman–Crippen LogP) is 7.97. The SMILES string of the molecule is C1=CCCCCC1.CCCOc1ccc(C2=C[CH]2)cc1.CCc1cccc(F)c1. The highest BCUT2D eigenvalue weighted by Crippen LogP contribution is 2.30. The van der Waals surface area contributed by atoms with Crippen molar-refractivity contribution in [3.63, 3.8) is 0 Å². The molecule has 0 saturated heterocycles. The number of allylic oxidation sites excluding steroid dienone is 4. The van der Waals surface area contributed by atoms with Crippen LogP contribution in [-0.4, -0.2) is 6.61 Å². The normalized spacial score (nSPS) is 14.4. The van der Waals surface area contributed by atoms with E-state index in [2.05, 4.69) is 43.7 Å². The summed E-state index contributed by atoms with van der Waals surface area (Å²) in [6, 6.07) is 14.9. The molecule has 0 unspecified atom stereocenters. The van der Waals surface area contributed by atoms with Gasteiger partial charge in [-0.3, -0.25) is 0 Å². The van der Waals surface area contributed by atoms with Crippen molar-refractivity contribution in [1.29, 1.82) is 0 Å². The molecule has 0 saturated carbocycles. The third-order valence-corrected chi connectivity index (χ3v) is 4.70. The molecule has 1 radical (unpaired) electrons. The van der Waals surface area contributed by atoms with Gasteiger partial charge in [0.1, 0.15) is 11.6 Å². The lowest BCUT2D eigenvalue weighted by molar-refractivity contribution is 0.317. The van der Waals surface area contributed by atoms with Gasteiger partial charge in [0.05, 0.1) is 6.61 Å². The van der Waals surface area contributed by atoms with Crippen molar-refractivity contribution in [2.24, 2.45) is 0 Å². The van der Waals surface area contributed by atoms with Crippen molar-refractivity contribution >= 4 is 5.57 Å². The topological polar surface area (TPSA) is 9.23 Å². The van der Waals surface area contributed by atoms with Gasteiger partial charge in [0.2, 0.25) is 0 Å². The van der Waals surface area contributed by atoms with Crippen molar-refractivity contribution in [2.75, 3.05) is 6.61 Å². The number of hydrogen-bond donors (Lipinski definition) is 0. The molecule has 0 spiro atoms. The first-order chi connectivity index (χ1) is 14.2. The minimum Gasteiger partial charge on any atom is -0.494 e. The van der Waals surface area contributed by atoms with Gasteiger partial charge in [0, 0.05) is 6.42 Å². The summed E-state index contributed by atoms with van der Waals surface area (Å²) in [5, 5.41) is 0. The van der Waals surface area contributed by atoms with Crippen molar-refractivity contribution in [3.05, 3.63) is 90.1 Å². The summed E-state index contributed by atoms with van der Waals surface area (Å²) < 4.78 is 17.8. The third-order valence-electron chi connectivity index (χ3n) is 4.70. The molecular formula is C27H34FO. The monoisotopic (exact) mass is 393 g/mol. The summed E-state index contributed by atoms with van der Waals surface area (Å²) in [7, 11) is 0. The third kappa shape index (κ3) is 10.1. The molecule has 0 aliphatic heterocycles. The van der Waals surface area contributed by atoms with E-state index in [1.165, 1.54) is 49.3 Å². The van der Waals surface area contributed by atoms with Gasteiger partial charge in [0.15, 0.2) is 0 Å². The highest BCUT2D eigenvalue weighted by molar-refractivity contribution is 5.87. The van der Waals surface area contributed by atoms with Crippen LogP contribution in [0.2, 0.25) is 0 Å². The maximum atomic E-state index is 12.4. The Kier molecular flexibility index (Phi) is 10.9. The highest BCUT2D eigenvalue weighted by atomic mass is 19.1. The maximum absolute atomic E-state index is 12.4. The zero-order valence-electron chi connectivity index (χ0n) is 17.9. The molecule has 0 amide bonds. The smallest absolute Gasteiger partial charge is 0.123 e. The Hall–Kier alpha value is -2.35. The fourth-order valence-electron chi connectivity index (χ4n) is 2.89. The quantitative estimate of drug-likeness (QED) is 0.468. The minimum absolute atomic E-state index is 0.144. The molecule has 4 rings (SSSR count). The molecule has 29 heavy (non-hydrogen) atoms. The van der Waals surface area contributed by atoms with Crippen LogP contribution in [0.4, 0.5) is 4.39 Å². The summed E-state index contributed by atoms with van der Waals surface area (Å²) in [4.78, 5) is 0. The molecule has 2 heteroatoms. The first-order valence-electron chi connectivity index (χ1n) is 10.9. The Balaban J connectivity index is 0.000000164. The van der Waals surface area contributed by atoms with Crippen LogP contribution in [0.25, 0.3) is 5.57 Å². The molecule has 0 fully saturated rings. The molecule has 2 aliphatic rings. The van der Waals surface area contributed by atoms with E-state index in [0.717, 1.165) is 30.8 Å². The van der Waals surface area contributed by atoms with Crippen molar-refractivity contribution in [3.8, 4) is 5.75 Å². The van der Waals surface area contributed by atoms with E-state index in [-0.39, 0.29) is 5.82 Å². The van der Waals surface area contributed by atoms with Gasteiger partial charge in [0.25, 0.3) is 0 Å². The summed E-state index contributed by atoms with van der Waals surface area (Å²) in [5.41, 5.74) is 3.67. The van der Waals surface area contributed by atoms with E-state index in [4.69, 9.17) is 4.74 Å².